The van der Waals surface area contributed by atoms with Gasteiger partial charge >= 0.3 is 0 Å². The first-order chi connectivity index (χ1) is 16.9. The molecule has 0 saturated carbocycles. The summed E-state index contributed by atoms with van der Waals surface area (Å²) in [5.74, 6) is 0.937. The van der Waals surface area contributed by atoms with Crippen molar-refractivity contribution in [2.75, 3.05) is 44.5 Å². The van der Waals surface area contributed by atoms with Crippen molar-refractivity contribution in [3.05, 3.63) is 77.2 Å². The Balaban J connectivity index is 1.63. The Morgan fingerprint density at radius 2 is 1.97 bits per heavy atom. The van der Waals surface area contributed by atoms with Gasteiger partial charge in [0.15, 0.2) is 0 Å². The molecule has 2 heterocycles. The highest BCUT2D eigenvalue weighted by Crippen LogP contribution is 2.31. The minimum Gasteiger partial charge on any atom is -0.496 e. The maximum Gasteiger partial charge on any atom is 0.258 e. The van der Waals surface area contributed by atoms with Crippen LogP contribution >= 0.6 is 11.6 Å². The fraction of sp³-hybridized carbons (Fsp3) is 0.269. The molecule has 8 nitrogen and oxygen atoms in total. The predicted molar refractivity (Wildman–Crippen MR) is 139 cm³/mol. The Morgan fingerprint density at radius 3 is 2.66 bits per heavy atom. The second kappa shape index (κ2) is 10.8. The van der Waals surface area contributed by atoms with Gasteiger partial charge in [0.25, 0.3) is 5.91 Å². The van der Waals surface area contributed by atoms with Crippen LogP contribution < -0.4 is 15.4 Å². The molecule has 0 saturated heterocycles. The monoisotopic (exact) mass is 493 g/mol. The number of carbonyl (C=O) groups is 1. The molecule has 0 aliphatic carbocycles. The number of anilines is 2. The van der Waals surface area contributed by atoms with Crippen LogP contribution in [0, 0.1) is 6.92 Å². The van der Waals surface area contributed by atoms with Gasteiger partial charge < -0.3 is 25.0 Å². The number of ether oxygens (including phenoxy) is 2. The van der Waals surface area contributed by atoms with Gasteiger partial charge in [-0.3, -0.25) is 4.79 Å². The highest BCUT2D eigenvalue weighted by Gasteiger charge is 2.23. The number of fused-ring (bicyclic) bond motifs is 1. The van der Waals surface area contributed by atoms with E-state index < -0.39 is 0 Å². The Morgan fingerprint density at radius 1 is 1.20 bits per heavy atom. The average Bonchev–Trinajstić information content (AvgIpc) is 3.39. The average molecular weight is 494 g/mol. The third-order valence-electron chi connectivity index (χ3n) is 5.84. The standard InChI is InChI=1S/C26H28ClN5O3/c1-16-11-18(27)7-8-21(16)30-17(2)23(14-34-3)31-25-19-13-24(35-4)20(12-22(19)28-15-29-25)26(33)32-9-5-6-10-32/h5-8,11-13,15,23,30H,2,9-10,14H2,1,3-4H3,(H,28,29,31). The lowest BCUT2D eigenvalue weighted by atomic mass is 10.1. The van der Waals surface area contributed by atoms with Gasteiger partial charge in [0.2, 0.25) is 0 Å². The molecule has 2 aromatic carbocycles. The Kier molecular flexibility index (Phi) is 7.53. The molecule has 4 rings (SSSR count). The van der Waals surface area contributed by atoms with E-state index in [1.807, 2.05) is 37.3 Å². The summed E-state index contributed by atoms with van der Waals surface area (Å²) in [6.07, 6.45) is 5.40. The van der Waals surface area contributed by atoms with E-state index in [1.54, 1.807) is 31.3 Å². The Labute approximate surface area is 209 Å². The zero-order valence-corrected chi connectivity index (χ0v) is 20.7. The number of nitrogens with zero attached hydrogens (tertiary/aromatic N) is 3. The number of aromatic nitrogens is 2. The number of methoxy groups -OCH3 is 2. The topological polar surface area (TPSA) is 88.6 Å². The zero-order chi connectivity index (χ0) is 24.9. The SMILES string of the molecule is C=C(Nc1ccc(Cl)cc1C)C(COC)Nc1ncnc2cc(C(=O)N3CC=CC3)c(OC)cc12. The van der Waals surface area contributed by atoms with Crippen molar-refractivity contribution in [2.24, 2.45) is 0 Å². The summed E-state index contributed by atoms with van der Waals surface area (Å²) in [4.78, 5) is 23.6. The van der Waals surface area contributed by atoms with Crippen LogP contribution in [0.2, 0.25) is 5.02 Å². The van der Waals surface area contributed by atoms with Gasteiger partial charge in [0, 0.05) is 42.0 Å². The lowest BCUT2D eigenvalue weighted by Gasteiger charge is -2.24. The summed E-state index contributed by atoms with van der Waals surface area (Å²) >= 11 is 6.09. The number of hydrogen-bond donors (Lipinski definition) is 2. The molecule has 1 amide bonds. The molecule has 1 aliphatic heterocycles. The quantitative estimate of drug-likeness (QED) is 0.419. The fourth-order valence-corrected chi connectivity index (χ4v) is 4.16. The van der Waals surface area contributed by atoms with Crippen LogP contribution in [0.1, 0.15) is 15.9 Å². The molecule has 0 radical (unpaired) electrons. The van der Waals surface area contributed by atoms with Crippen LogP contribution in [-0.2, 0) is 4.74 Å². The van der Waals surface area contributed by atoms with E-state index in [1.165, 1.54) is 6.33 Å². The number of benzene rings is 2. The molecule has 9 heteroatoms. The Bertz CT molecular complexity index is 1290. The van der Waals surface area contributed by atoms with Crippen molar-refractivity contribution in [1.29, 1.82) is 0 Å². The normalized spacial score (nSPS) is 13.7. The summed E-state index contributed by atoms with van der Waals surface area (Å²) < 4.78 is 11.0. The van der Waals surface area contributed by atoms with Gasteiger partial charge in [-0.25, -0.2) is 9.97 Å². The molecule has 0 bridgehead atoms. The van der Waals surface area contributed by atoms with Crippen LogP contribution in [0.4, 0.5) is 11.5 Å². The van der Waals surface area contributed by atoms with E-state index in [2.05, 4.69) is 27.2 Å². The maximum absolute atomic E-state index is 13.0. The molecule has 3 aromatic rings. The number of rotatable bonds is 9. The van der Waals surface area contributed by atoms with Gasteiger partial charge in [-0.05, 0) is 42.8 Å². The first-order valence-electron chi connectivity index (χ1n) is 11.2. The van der Waals surface area contributed by atoms with Gasteiger partial charge in [0.05, 0.1) is 30.8 Å². The molecule has 35 heavy (non-hydrogen) atoms. The largest absolute Gasteiger partial charge is 0.496 e. The lowest BCUT2D eigenvalue weighted by molar-refractivity contribution is 0.0797. The van der Waals surface area contributed by atoms with Crippen molar-refractivity contribution in [2.45, 2.75) is 13.0 Å². The van der Waals surface area contributed by atoms with E-state index in [0.717, 1.165) is 16.6 Å². The molecule has 1 aromatic heterocycles. The third-order valence-corrected chi connectivity index (χ3v) is 6.08. The van der Waals surface area contributed by atoms with Crippen molar-refractivity contribution >= 4 is 39.9 Å². The van der Waals surface area contributed by atoms with Gasteiger partial charge in [-0.15, -0.1) is 0 Å². The first-order valence-corrected chi connectivity index (χ1v) is 11.5. The minimum absolute atomic E-state index is 0.102. The molecule has 1 atom stereocenters. The molecule has 182 valence electrons. The van der Waals surface area contributed by atoms with Crippen molar-refractivity contribution in [3.63, 3.8) is 0 Å². The number of aryl methyl sites for hydroxylation is 1. The summed E-state index contributed by atoms with van der Waals surface area (Å²) in [5.41, 5.74) is 3.69. The summed E-state index contributed by atoms with van der Waals surface area (Å²) in [5, 5.41) is 8.14. The lowest BCUT2D eigenvalue weighted by Crippen LogP contribution is -2.31. The van der Waals surface area contributed by atoms with Crippen LogP contribution in [0.5, 0.6) is 5.75 Å². The van der Waals surface area contributed by atoms with Crippen LogP contribution in [-0.4, -0.2) is 60.7 Å². The maximum atomic E-state index is 13.0. The second-order valence-electron chi connectivity index (χ2n) is 8.24. The molecular weight excluding hydrogens is 466 g/mol. The number of nitrogens with one attached hydrogen (secondary N) is 2. The molecule has 1 aliphatic rings. The summed E-state index contributed by atoms with van der Waals surface area (Å²) in [6, 6.07) is 8.85. The highest BCUT2D eigenvalue weighted by molar-refractivity contribution is 6.30. The highest BCUT2D eigenvalue weighted by atomic mass is 35.5. The van der Waals surface area contributed by atoms with Crippen molar-refractivity contribution in [1.82, 2.24) is 14.9 Å². The molecule has 1 unspecified atom stereocenters. The number of hydrogen-bond acceptors (Lipinski definition) is 7. The fourth-order valence-electron chi connectivity index (χ4n) is 3.94. The van der Waals surface area contributed by atoms with Gasteiger partial charge in [-0.1, -0.05) is 30.3 Å². The molecule has 0 fully saturated rings. The minimum atomic E-state index is -0.309. The van der Waals surface area contributed by atoms with E-state index in [9.17, 15) is 4.79 Å². The smallest absolute Gasteiger partial charge is 0.258 e. The van der Waals surface area contributed by atoms with Crippen LogP contribution in [0.15, 0.2) is 61.1 Å². The number of carbonyl (C=O) groups excluding carboxylic acids is 1. The summed E-state index contributed by atoms with van der Waals surface area (Å²) in [6.45, 7) is 7.70. The molecule has 2 N–H and O–H groups in total. The second-order valence-corrected chi connectivity index (χ2v) is 8.67. The first kappa shape index (κ1) is 24.5. The van der Waals surface area contributed by atoms with Crippen molar-refractivity contribution in [3.8, 4) is 5.75 Å². The van der Waals surface area contributed by atoms with E-state index in [0.29, 0.717) is 53.1 Å². The van der Waals surface area contributed by atoms with Gasteiger partial charge in [0.1, 0.15) is 17.9 Å². The van der Waals surface area contributed by atoms with E-state index >= 15 is 0 Å². The third kappa shape index (κ3) is 5.39. The van der Waals surface area contributed by atoms with Crippen molar-refractivity contribution < 1.29 is 14.3 Å². The summed E-state index contributed by atoms with van der Waals surface area (Å²) in [7, 11) is 3.17. The van der Waals surface area contributed by atoms with E-state index in [-0.39, 0.29) is 11.9 Å². The number of halogens is 1. The predicted octanol–water partition coefficient (Wildman–Crippen LogP) is 4.66. The van der Waals surface area contributed by atoms with Crippen LogP contribution in [0.25, 0.3) is 10.9 Å². The Hall–Kier alpha value is -3.62. The molecular formula is C26H28ClN5O3. The zero-order valence-electron chi connectivity index (χ0n) is 20.0. The number of amides is 1. The van der Waals surface area contributed by atoms with Crippen LogP contribution in [0.3, 0.4) is 0 Å². The molecule has 0 spiro atoms. The van der Waals surface area contributed by atoms with E-state index in [4.69, 9.17) is 21.1 Å². The van der Waals surface area contributed by atoms with Gasteiger partial charge in [-0.2, -0.15) is 0 Å².